The van der Waals surface area contributed by atoms with Crippen molar-refractivity contribution in [3.05, 3.63) is 52.4 Å². The van der Waals surface area contributed by atoms with Crippen LogP contribution in [0.1, 0.15) is 43.4 Å². The molecule has 1 amide bonds. The van der Waals surface area contributed by atoms with Crippen LogP contribution in [0, 0.1) is 17.7 Å². The molecule has 2 aliphatic heterocycles. The van der Waals surface area contributed by atoms with E-state index in [1.807, 2.05) is 17.0 Å². The highest BCUT2D eigenvalue weighted by atomic mass is 32.2. The quantitative estimate of drug-likeness (QED) is 0.390. The van der Waals surface area contributed by atoms with Gasteiger partial charge in [-0.25, -0.2) is 4.39 Å². The lowest BCUT2D eigenvalue weighted by Gasteiger charge is -2.30. The van der Waals surface area contributed by atoms with Crippen LogP contribution in [0.25, 0.3) is 17.4 Å². The molecule has 6 rings (SSSR count). The molecule has 0 spiro atoms. The van der Waals surface area contributed by atoms with Crippen molar-refractivity contribution < 1.29 is 13.6 Å². The second kappa shape index (κ2) is 10.4. The third kappa shape index (κ3) is 4.93. The van der Waals surface area contributed by atoms with E-state index in [9.17, 15) is 9.18 Å². The minimum atomic E-state index is -0.272. The van der Waals surface area contributed by atoms with Crippen molar-refractivity contribution in [1.29, 1.82) is 0 Å². The molecule has 36 heavy (non-hydrogen) atoms. The molecule has 2 aromatic rings. The summed E-state index contributed by atoms with van der Waals surface area (Å²) in [6.07, 6.45) is 8.57. The Hall–Kier alpha value is -2.00. The average Bonchev–Trinajstić information content (AvgIpc) is 3.66. The molecule has 2 saturated carbocycles. The van der Waals surface area contributed by atoms with Gasteiger partial charge in [0.2, 0.25) is 0 Å². The van der Waals surface area contributed by atoms with E-state index < -0.39 is 0 Å². The lowest BCUT2D eigenvalue weighted by atomic mass is 9.94. The number of benzene rings is 1. The molecular formula is C28H32FN3O2S2. The zero-order chi connectivity index (χ0) is 24.6. The summed E-state index contributed by atoms with van der Waals surface area (Å²) in [6.45, 7) is 5.26. The summed E-state index contributed by atoms with van der Waals surface area (Å²) in [6, 6.07) is 8.66. The molecule has 2 aliphatic carbocycles. The van der Waals surface area contributed by atoms with Gasteiger partial charge in [0, 0.05) is 43.9 Å². The second-order valence-corrected chi connectivity index (χ2v) is 12.2. The Bertz CT molecular complexity index is 1170. The topological polar surface area (TPSA) is 48.7 Å². The van der Waals surface area contributed by atoms with Gasteiger partial charge >= 0.3 is 0 Å². The van der Waals surface area contributed by atoms with Crippen LogP contribution < -0.4 is 5.32 Å². The predicted octanol–water partition coefficient (Wildman–Crippen LogP) is 5.31. The van der Waals surface area contributed by atoms with Crippen LogP contribution in [0.4, 0.5) is 4.39 Å². The highest BCUT2D eigenvalue weighted by Gasteiger charge is 2.48. The standard InChI is InChI=1S/C28H32FN3O2S2/c29-22-7-5-19(6-8-22)24-16-21(2-1-11-31-12-9-30-10-13-31)25(34-24)17-26-27(33)32(28(35)36-26)23-15-18-3-4-20(23)14-18/h5-8,16-18,20,23,30H,1-4,9-15H2/b26-17+. The van der Waals surface area contributed by atoms with Crippen molar-refractivity contribution in [1.82, 2.24) is 15.1 Å². The number of thiocarbonyl (C=S) groups is 1. The molecular weight excluding hydrogens is 493 g/mol. The molecule has 0 radical (unpaired) electrons. The van der Waals surface area contributed by atoms with Crippen LogP contribution in [0.2, 0.25) is 0 Å². The van der Waals surface area contributed by atoms with Crippen LogP contribution in [0.15, 0.2) is 39.7 Å². The number of thioether (sulfide) groups is 1. The number of hydrogen-bond acceptors (Lipinski definition) is 6. The minimum absolute atomic E-state index is 0.0223. The Labute approximate surface area is 221 Å². The summed E-state index contributed by atoms with van der Waals surface area (Å²) >= 11 is 7.08. The number of carbonyl (C=O) groups is 1. The number of hydrogen-bond donors (Lipinski definition) is 1. The fourth-order valence-electron chi connectivity index (χ4n) is 6.36. The highest BCUT2D eigenvalue weighted by Crippen LogP contribution is 2.49. The number of amides is 1. The van der Waals surface area contributed by atoms with Crippen LogP contribution in [0.5, 0.6) is 0 Å². The molecule has 5 nitrogen and oxygen atoms in total. The largest absolute Gasteiger partial charge is 0.456 e. The first-order valence-electron chi connectivity index (χ1n) is 13.1. The number of nitrogens with zero attached hydrogens (tertiary/aromatic N) is 2. The molecule has 4 fully saturated rings. The van der Waals surface area contributed by atoms with E-state index in [4.69, 9.17) is 16.6 Å². The van der Waals surface area contributed by atoms with E-state index in [1.54, 1.807) is 12.1 Å². The molecule has 2 saturated heterocycles. The smallest absolute Gasteiger partial charge is 0.266 e. The number of nitrogens with one attached hydrogen (secondary N) is 1. The summed E-state index contributed by atoms with van der Waals surface area (Å²) < 4.78 is 20.5. The van der Waals surface area contributed by atoms with Crippen LogP contribution in [-0.2, 0) is 11.2 Å². The van der Waals surface area contributed by atoms with Gasteiger partial charge in [0.25, 0.3) is 5.91 Å². The fraction of sp³-hybridized carbons (Fsp3) is 0.500. The van der Waals surface area contributed by atoms with Crippen molar-refractivity contribution >= 4 is 40.3 Å². The molecule has 3 atom stereocenters. The third-order valence-corrected chi connectivity index (χ3v) is 9.55. The van der Waals surface area contributed by atoms with Gasteiger partial charge in [-0.2, -0.15) is 0 Å². The summed E-state index contributed by atoms with van der Waals surface area (Å²) in [4.78, 5) is 18.5. The fourth-order valence-corrected chi connectivity index (χ4v) is 7.70. The Kier molecular flexibility index (Phi) is 7.03. The highest BCUT2D eigenvalue weighted by molar-refractivity contribution is 8.26. The minimum Gasteiger partial charge on any atom is -0.456 e. The van der Waals surface area contributed by atoms with Crippen LogP contribution in [0.3, 0.4) is 0 Å². The van der Waals surface area contributed by atoms with Crippen molar-refractivity contribution in [2.24, 2.45) is 11.8 Å². The van der Waals surface area contributed by atoms with E-state index in [1.165, 1.54) is 43.2 Å². The van der Waals surface area contributed by atoms with Crippen molar-refractivity contribution in [2.45, 2.75) is 44.6 Å². The molecule has 1 N–H and O–H groups in total. The van der Waals surface area contributed by atoms with Gasteiger partial charge < -0.3 is 14.6 Å². The van der Waals surface area contributed by atoms with E-state index in [2.05, 4.69) is 10.2 Å². The van der Waals surface area contributed by atoms with E-state index in [0.717, 1.165) is 69.0 Å². The molecule has 1 aromatic heterocycles. The van der Waals surface area contributed by atoms with Crippen molar-refractivity contribution in [3.8, 4) is 11.3 Å². The van der Waals surface area contributed by atoms with Gasteiger partial charge in [-0.05, 0) is 86.4 Å². The summed E-state index contributed by atoms with van der Waals surface area (Å²) in [7, 11) is 0. The van der Waals surface area contributed by atoms with Gasteiger partial charge in [-0.15, -0.1) is 0 Å². The Balaban J connectivity index is 1.24. The Morgan fingerprint density at radius 1 is 1.17 bits per heavy atom. The zero-order valence-electron chi connectivity index (χ0n) is 20.4. The Morgan fingerprint density at radius 3 is 2.69 bits per heavy atom. The number of fused-ring (bicyclic) bond motifs is 2. The SMILES string of the molecule is O=C1/C(=C\c2oc(-c3ccc(F)cc3)cc2CCCN2CCNCC2)SC(=S)N1C1CC2CCC1C2. The molecule has 3 unspecified atom stereocenters. The third-order valence-electron chi connectivity index (χ3n) is 8.22. The van der Waals surface area contributed by atoms with Gasteiger partial charge in [0.15, 0.2) is 0 Å². The van der Waals surface area contributed by atoms with Gasteiger partial charge in [0.1, 0.15) is 21.7 Å². The van der Waals surface area contributed by atoms with Gasteiger partial charge in [-0.1, -0.05) is 30.4 Å². The second-order valence-electron chi connectivity index (χ2n) is 10.5. The maximum atomic E-state index is 13.5. The monoisotopic (exact) mass is 525 g/mol. The number of rotatable bonds is 7. The molecule has 4 aliphatic rings. The Morgan fingerprint density at radius 2 is 1.97 bits per heavy atom. The van der Waals surface area contributed by atoms with Gasteiger partial charge in [-0.3, -0.25) is 9.69 Å². The lowest BCUT2D eigenvalue weighted by Crippen LogP contribution is -2.43. The first-order valence-corrected chi connectivity index (χ1v) is 14.4. The van der Waals surface area contributed by atoms with Crippen LogP contribution in [-0.4, -0.2) is 58.8 Å². The first-order chi connectivity index (χ1) is 17.5. The number of halogens is 1. The first kappa shape index (κ1) is 24.3. The van der Waals surface area contributed by atoms with Gasteiger partial charge in [0.05, 0.1) is 4.91 Å². The summed E-state index contributed by atoms with van der Waals surface area (Å²) in [5.74, 6) is 2.50. The predicted molar refractivity (Wildman–Crippen MR) is 146 cm³/mol. The number of aryl methyl sites for hydroxylation is 1. The van der Waals surface area contributed by atoms with E-state index in [-0.39, 0.29) is 17.8 Å². The maximum absolute atomic E-state index is 13.5. The molecule has 190 valence electrons. The molecule has 8 heteroatoms. The maximum Gasteiger partial charge on any atom is 0.266 e. The molecule has 3 heterocycles. The van der Waals surface area contributed by atoms with Crippen molar-refractivity contribution in [3.63, 3.8) is 0 Å². The van der Waals surface area contributed by atoms with E-state index >= 15 is 0 Å². The number of carbonyl (C=O) groups excluding carboxylic acids is 1. The zero-order valence-corrected chi connectivity index (χ0v) is 22.0. The molecule has 2 bridgehead atoms. The lowest BCUT2D eigenvalue weighted by molar-refractivity contribution is -0.124. The van der Waals surface area contributed by atoms with Crippen LogP contribution >= 0.6 is 24.0 Å². The number of piperazine rings is 1. The normalized spacial score (nSPS) is 27.6. The van der Waals surface area contributed by atoms with E-state index in [0.29, 0.717) is 26.7 Å². The summed E-state index contributed by atoms with van der Waals surface area (Å²) in [5, 5.41) is 3.40. The molecule has 1 aromatic carbocycles. The average molecular weight is 526 g/mol. The summed E-state index contributed by atoms with van der Waals surface area (Å²) in [5.41, 5.74) is 1.91. The number of furan rings is 1. The van der Waals surface area contributed by atoms with Crippen molar-refractivity contribution in [2.75, 3.05) is 32.7 Å².